The van der Waals surface area contributed by atoms with Crippen LogP contribution in [0.25, 0.3) is 0 Å². The molecule has 4 N–H and O–H groups in total. The Morgan fingerprint density at radius 1 is 1.42 bits per heavy atom. The summed E-state index contributed by atoms with van der Waals surface area (Å²) in [5.74, 6) is 5.57. The molecule has 0 fully saturated rings. The van der Waals surface area contributed by atoms with Gasteiger partial charge in [-0.15, -0.1) is 11.3 Å². The molecular formula is C10H11BrN4O2S2. The molecule has 0 unspecified atom stereocenters. The first kappa shape index (κ1) is 14.4. The largest absolute Gasteiger partial charge is 0.308 e. The van der Waals surface area contributed by atoms with Gasteiger partial charge in [-0.05, 0) is 34.1 Å². The van der Waals surface area contributed by atoms with Crippen LogP contribution < -0.4 is 16.0 Å². The predicted molar refractivity (Wildman–Crippen MR) is 78.1 cm³/mol. The monoisotopic (exact) mass is 362 g/mol. The summed E-state index contributed by atoms with van der Waals surface area (Å²) < 4.78 is 27.5. The van der Waals surface area contributed by atoms with Gasteiger partial charge in [-0.1, -0.05) is 0 Å². The first-order chi connectivity index (χ1) is 9.01. The molecule has 0 aliphatic heterocycles. The molecule has 0 radical (unpaired) electrons. The summed E-state index contributed by atoms with van der Waals surface area (Å²) in [4.78, 5) is 4.88. The number of anilines is 1. The summed E-state index contributed by atoms with van der Waals surface area (Å²) in [5.41, 5.74) is 2.34. The van der Waals surface area contributed by atoms with Crippen molar-refractivity contribution in [1.29, 1.82) is 0 Å². The van der Waals surface area contributed by atoms with Gasteiger partial charge in [-0.2, -0.15) is 0 Å². The molecule has 6 nitrogen and oxygen atoms in total. The lowest BCUT2D eigenvalue weighted by Crippen LogP contribution is -2.23. The van der Waals surface area contributed by atoms with E-state index in [1.54, 1.807) is 0 Å². The molecule has 0 aliphatic carbocycles. The van der Waals surface area contributed by atoms with Gasteiger partial charge >= 0.3 is 0 Å². The molecule has 0 saturated carbocycles. The van der Waals surface area contributed by atoms with E-state index in [1.165, 1.54) is 29.7 Å². The highest BCUT2D eigenvalue weighted by atomic mass is 79.9. The first-order valence-electron chi connectivity index (χ1n) is 5.16. The van der Waals surface area contributed by atoms with Gasteiger partial charge in [0, 0.05) is 27.5 Å². The van der Waals surface area contributed by atoms with Gasteiger partial charge < -0.3 is 5.43 Å². The normalized spacial score (nSPS) is 11.5. The van der Waals surface area contributed by atoms with Crippen LogP contribution in [0.3, 0.4) is 0 Å². The fourth-order valence-corrected chi connectivity index (χ4v) is 3.75. The number of pyridine rings is 1. The zero-order valence-corrected chi connectivity index (χ0v) is 12.8. The Morgan fingerprint density at radius 3 is 2.74 bits per heavy atom. The van der Waals surface area contributed by atoms with E-state index in [2.05, 4.69) is 31.1 Å². The highest BCUT2D eigenvalue weighted by Gasteiger charge is 2.14. The third kappa shape index (κ3) is 3.74. The first-order valence-corrected chi connectivity index (χ1v) is 8.32. The summed E-state index contributed by atoms with van der Waals surface area (Å²) >= 11 is 4.79. The van der Waals surface area contributed by atoms with Crippen LogP contribution in [0.4, 0.5) is 5.82 Å². The number of hydrogen-bond donors (Lipinski definition) is 3. The number of nitrogens with zero attached hydrogens (tertiary/aromatic N) is 1. The molecule has 0 spiro atoms. The molecule has 0 aliphatic rings. The van der Waals surface area contributed by atoms with E-state index < -0.39 is 10.0 Å². The van der Waals surface area contributed by atoms with Crippen LogP contribution in [-0.4, -0.2) is 13.4 Å². The number of halogens is 1. The number of nitrogen functional groups attached to an aromatic ring is 1. The molecule has 9 heteroatoms. The zero-order chi connectivity index (χ0) is 13.9. The number of thiophene rings is 1. The van der Waals surface area contributed by atoms with Crippen molar-refractivity contribution in [2.45, 2.75) is 11.4 Å². The highest BCUT2D eigenvalue weighted by Crippen LogP contribution is 2.20. The molecule has 0 atom stereocenters. The molecule has 102 valence electrons. The number of nitrogens with one attached hydrogen (secondary N) is 2. The minimum absolute atomic E-state index is 0.0992. The molecule has 2 aromatic heterocycles. The van der Waals surface area contributed by atoms with Crippen LogP contribution in [0.5, 0.6) is 0 Å². The van der Waals surface area contributed by atoms with Crippen LogP contribution in [0.15, 0.2) is 39.1 Å². The fourth-order valence-electron chi connectivity index (χ4n) is 1.32. The minimum atomic E-state index is -3.56. The van der Waals surface area contributed by atoms with E-state index in [4.69, 9.17) is 5.84 Å². The molecule has 19 heavy (non-hydrogen) atoms. The van der Waals surface area contributed by atoms with Crippen molar-refractivity contribution in [2.75, 3.05) is 5.43 Å². The molecule has 0 saturated heterocycles. The van der Waals surface area contributed by atoms with E-state index >= 15 is 0 Å². The van der Waals surface area contributed by atoms with Crippen LogP contribution in [-0.2, 0) is 16.6 Å². The van der Waals surface area contributed by atoms with Crippen LogP contribution in [0, 0.1) is 0 Å². The van der Waals surface area contributed by atoms with E-state index in [0.29, 0.717) is 5.82 Å². The van der Waals surface area contributed by atoms with Crippen molar-refractivity contribution >= 4 is 43.1 Å². The second-order valence-corrected chi connectivity index (χ2v) is 7.26. The second-order valence-electron chi connectivity index (χ2n) is 3.58. The molecule has 2 rings (SSSR count). The van der Waals surface area contributed by atoms with Gasteiger partial charge in [0.2, 0.25) is 10.0 Å². The van der Waals surface area contributed by atoms with Gasteiger partial charge in [-0.3, -0.25) is 0 Å². The Balaban J connectivity index is 2.09. The maximum atomic E-state index is 12.0. The summed E-state index contributed by atoms with van der Waals surface area (Å²) in [6, 6.07) is 4.80. The summed E-state index contributed by atoms with van der Waals surface area (Å²) in [7, 11) is -3.56. The number of hydrogen-bond acceptors (Lipinski definition) is 6. The summed E-state index contributed by atoms with van der Waals surface area (Å²) in [6.07, 6.45) is 1.25. The van der Waals surface area contributed by atoms with Crippen molar-refractivity contribution in [3.63, 3.8) is 0 Å². The minimum Gasteiger partial charge on any atom is -0.308 e. The highest BCUT2D eigenvalue weighted by molar-refractivity contribution is 9.10. The van der Waals surface area contributed by atoms with Crippen molar-refractivity contribution in [2.24, 2.45) is 5.84 Å². The van der Waals surface area contributed by atoms with E-state index in [-0.39, 0.29) is 11.4 Å². The van der Waals surface area contributed by atoms with Crippen LogP contribution in [0.1, 0.15) is 4.88 Å². The SMILES string of the molecule is NNc1ccc(S(=O)(=O)NCc2cc(Br)cs2)cn1. The van der Waals surface area contributed by atoms with Crippen molar-refractivity contribution in [3.05, 3.63) is 39.1 Å². The van der Waals surface area contributed by atoms with Gasteiger partial charge in [0.25, 0.3) is 0 Å². The summed E-state index contributed by atoms with van der Waals surface area (Å²) in [6.45, 7) is 0.246. The lowest BCUT2D eigenvalue weighted by molar-refractivity contribution is 0.581. The molecule has 0 amide bonds. The second kappa shape index (κ2) is 5.97. The Morgan fingerprint density at radius 2 is 2.21 bits per heavy atom. The van der Waals surface area contributed by atoms with Gasteiger partial charge in [0.1, 0.15) is 10.7 Å². The maximum Gasteiger partial charge on any atom is 0.242 e. The zero-order valence-electron chi connectivity index (χ0n) is 9.63. The van der Waals surface area contributed by atoms with E-state index in [1.807, 2.05) is 11.4 Å². The number of hydrazine groups is 1. The van der Waals surface area contributed by atoms with Crippen molar-refractivity contribution < 1.29 is 8.42 Å². The van der Waals surface area contributed by atoms with Crippen LogP contribution >= 0.6 is 27.3 Å². The quantitative estimate of drug-likeness (QED) is 0.555. The number of rotatable bonds is 5. The number of aromatic nitrogens is 1. The molecule has 0 aromatic carbocycles. The van der Waals surface area contributed by atoms with Gasteiger partial charge in [0.05, 0.1) is 0 Å². The number of sulfonamides is 1. The van der Waals surface area contributed by atoms with Gasteiger partial charge in [0.15, 0.2) is 0 Å². The lowest BCUT2D eigenvalue weighted by atomic mass is 10.5. The third-order valence-electron chi connectivity index (χ3n) is 2.25. The Kier molecular flexibility index (Phi) is 4.53. The van der Waals surface area contributed by atoms with Gasteiger partial charge in [-0.25, -0.2) is 24.0 Å². The Labute approximate surface area is 123 Å². The van der Waals surface area contributed by atoms with E-state index in [0.717, 1.165) is 9.35 Å². The van der Waals surface area contributed by atoms with Crippen molar-refractivity contribution in [1.82, 2.24) is 9.71 Å². The van der Waals surface area contributed by atoms with E-state index in [9.17, 15) is 8.42 Å². The Hall–Kier alpha value is -1.00. The number of nitrogens with two attached hydrogens (primary N) is 1. The topological polar surface area (TPSA) is 97.1 Å². The third-order valence-corrected chi connectivity index (χ3v) is 5.34. The average molecular weight is 363 g/mol. The maximum absolute atomic E-state index is 12.0. The summed E-state index contributed by atoms with van der Waals surface area (Å²) in [5, 5.41) is 1.90. The molecular weight excluding hydrogens is 352 g/mol. The molecule has 0 bridgehead atoms. The lowest BCUT2D eigenvalue weighted by Gasteiger charge is -2.06. The average Bonchev–Trinajstić information content (AvgIpc) is 2.82. The van der Waals surface area contributed by atoms with Crippen LogP contribution in [0.2, 0.25) is 0 Å². The Bertz CT molecular complexity index is 654. The predicted octanol–water partition coefficient (Wildman–Crippen LogP) is 1.67. The molecule has 2 aromatic rings. The fraction of sp³-hybridized carbons (Fsp3) is 0.100. The van der Waals surface area contributed by atoms with Crippen molar-refractivity contribution in [3.8, 4) is 0 Å². The molecule has 2 heterocycles. The smallest absolute Gasteiger partial charge is 0.242 e. The standard InChI is InChI=1S/C10H11BrN4O2S2/c11-7-3-8(18-6-7)4-14-19(16,17)9-1-2-10(15-12)13-5-9/h1-3,5-6,14H,4,12H2,(H,13,15).